The Hall–Kier alpha value is -5.16. The summed E-state index contributed by atoms with van der Waals surface area (Å²) in [6.45, 7) is 8.01. The topological polar surface area (TPSA) is 97.4 Å². The van der Waals surface area contributed by atoms with Crippen molar-refractivity contribution in [2.75, 3.05) is 67.5 Å². The Bertz CT molecular complexity index is 1910. The molecule has 2 saturated heterocycles. The molecule has 3 aliphatic heterocycles. The highest BCUT2D eigenvalue weighted by atomic mass is 19.1. The number of amides is 2. The number of anilines is 3. The highest BCUT2D eigenvalue weighted by Gasteiger charge is 2.35. The molecule has 3 N–H and O–H groups in total. The van der Waals surface area contributed by atoms with E-state index < -0.39 is 11.9 Å². The third kappa shape index (κ3) is 8.31. The number of halogens is 2. The maximum absolute atomic E-state index is 16.0. The van der Waals surface area contributed by atoms with Crippen LogP contribution in [-0.2, 0) is 9.59 Å². The van der Waals surface area contributed by atoms with Crippen LogP contribution in [0.4, 0.5) is 25.8 Å². The third-order valence-electron chi connectivity index (χ3n) is 11.3. The molecule has 3 atom stereocenters. The van der Waals surface area contributed by atoms with E-state index in [2.05, 4.69) is 43.5 Å². The zero-order valence-corrected chi connectivity index (χ0v) is 30.7. The van der Waals surface area contributed by atoms with Gasteiger partial charge in [0.05, 0.1) is 18.0 Å². The molecule has 2 amide bonds. The predicted octanol–water partition coefficient (Wildman–Crippen LogP) is 6.87. The number of nitrogens with zero attached hydrogens (tertiary/aromatic N) is 3. The SMILES string of the molecule is CCCC(Nc1ccc(N2CCN(CC3CCN(c4ccc(C5c6ccc(O)cc6OCC5c5ccccc5)cc4F)CC3)CC2)c(F)c1)C(=O)NC=O. The summed E-state index contributed by atoms with van der Waals surface area (Å²) in [6, 6.07) is 25.4. The van der Waals surface area contributed by atoms with Gasteiger partial charge in [0.2, 0.25) is 12.3 Å². The third-order valence-corrected chi connectivity index (χ3v) is 11.3. The fourth-order valence-electron chi connectivity index (χ4n) is 8.43. The van der Waals surface area contributed by atoms with Gasteiger partial charge >= 0.3 is 0 Å². The van der Waals surface area contributed by atoms with Gasteiger partial charge in [-0.2, -0.15) is 0 Å². The monoisotopic (exact) mass is 737 g/mol. The van der Waals surface area contributed by atoms with Gasteiger partial charge in [-0.25, -0.2) is 8.78 Å². The van der Waals surface area contributed by atoms with Gasteiger partial charge in [0.1, 0.15) is 29.2 Å². The van der Waals surface area contributed by atoms with E-state index in [4.69, 9.17) is 4.74 Å². The molecule has 0 radical (unpaired) electrons. The van der Waals surface area contributed by atoms with E-state index in [-0.39, 0.29) is 29.2 Å². The standard InChI is InChI=1S/C43H49F2N5O4/c1-2-6-38(43(53)46-28-51)47-32-10-14-40(37(45)24-32)50-21-19-48(20-22-50)26-29-15-17-49(18-16-29)39-13-9-31(23-36(39)44)42-34-12-11-33(52)25-41(34)54-27-35(42)30-7-4-3-5-8-30/h3-5,7-14,23-25,28-29,35,38,42,47,52H,2,6,15-22,26-27H2,1H3,(H,46,51,53). The van der Waals surface area contributed by atoms with Gasteiger partial charge in [-0.3, -0.25) is 19.8 Å². The van der Waals surface area contributed by atoms with E-state index in [0.29, 0.717) is 61.3 Å². The smallest absolute Gasteiger partial charge is 0.248 e. The number of imide groups is 1. The number of piperidine rings is 1. The zero-order valence-electron chi connectivity index (χ0n) is 30.7. The predicted molar refractivity (Wildman–Crippen MR) is 208 cm³/mol. The molecule has 3 unspecified atom stereocenters. The number of carbonyl (C=O) groups excluding carboxylic acids is 2. The Labute approximate surface area is 315 Å². The first kappa shape index (κ1) is 37.2. The van der Waals surface area contributed by atoms with Gasteiger partial charge < -0.3 is 25.0 Å². The molecule has 4 aromatic rings. The van der Waals surface area contributed by atoms with Gasteiger partial charge in [-0.05, 0) is 72.7 Å². The van der Waals surface area contributed by atoms with Crippen molar-refractivity contribution in [1.29, 1.82) is 0 Å². The number of piperazine rings is 1. The van der Waals surface area contributed by atoms with Gasteiger partial charge in [0.25, 0.3) is 0 Å². The minimum atomic E-state index is -0.618. The van der Waals surface area contributed by atoms with E-state index >= 15 is 8.78 Å². The molecule has 9 nitrogen and oxygen atoms in total. The molecule has 2 fully saturated rings. The number of hydrogen-bond acceptors (Lipinski definition) is 8. The van der Waals surface area contributed by atoms with Crippen molar-refractivity contribution >= 4 is 29.4 Å². The lowest BCUT2D eigenvalue weighted by atomic mass is 9.76. The number of nitrogens with one attached hydrogen (secondary N) is 2. The highest BCUT2D eigenvalue weighted by Crippen LogP contribution is 2.47. The van der Waals surface area contributed by atoms with Crippen LogP contribution in [0.3, 0.4) is 0 Å². The normalized spacial score (nSPS) is 19.8. The summed E-state index contributed by atoms with van der Waals surface area (Å²) in [7, 11) is 0. The summed E-state index contributed by atoms with van der Waals surface area (Å²) >= 11 is 0. The number of phenols is 1. The van der Waals surface area contributed by atoms with Gasteiger partial charge in [-0.15, -0.1) is 0 Å². The lowest BCUT2D eigenvalue weighted by Gasteiger charge is -2.40. The number of benzene rings is 4. The van der Waals surface area contributed by atoms with E-state index in [9.17, 15) is 14.7 Å². The van der Waals surface area contributed by atoms with E-state index in [0.717, 1.165) is 68.7 Å². The summed E-state index contributed by atoms with van der Waals surface area (Å²) in [5.74, 6) is 0.172. The van der Waals surface area contributed by atoms with Crippen molar-refractivity contribution in [3.8, 4) is 11.5 Å². The summed E-state index contributed by atoms with van der Waals surface area (Å²) in [5.41, 5.74) is 4.64. The minimum absolute atomic E-state index is 0.00275. The fourth-order valence-corrected chi connectivity index (χ4v) is 8.43. The average molecular weight is 738 g/mol. The average Bonchev–Trinajstić information content (AvgIpc) is 3.18. The molecule has 4 aromatic carbocycles. The molecule has 54 heavy (non-hydrogen) atoms. The number of carbonyl (C=O) groups is 2. The van der Waals surface area contributed by atoms with Crippen molar-refractivity contribution in [3.63, 3.8) is 0 Å². The highest BCUT2D eigenvalue weighted by molar-refractivity contribution is 5.91. The zero-order chi connectivity index (χ0) is 37.6. The van der Waals surface area contributed by atoms with Crippen molar-refractivity contribution in [2.45, 2.75) is 50.5 Å². The summed E-state index contributed by atoms with van der Waals surface area (Å²) < 4.78 is 37.4. The Morgan fingerprint density at radius 1 is 0.870 bits per heavy atom. The fraction of sp³-hybridized carbons (Fsp3) is 0.395. The molecule has 0 spiro atoms. The van der Waals surface area contributed by atoms with Crippen LogP contribution in [0.2, 0.25) is 0 Å². The number of phenolic OH excluding ortho intramolecular Hbond substituents is 1. The number of hydrogen-bond donors (Lipinski definition) is 3. The first-order valence-electron chi connectivity index (χ1n) is 19.1. The van der Waals surface area contributed by atoms with Crippen LogP contribution in [0.15, 0.2) is 84.9 Å². The maximum Gasteiger partial charge on any atom is 0.248 e. The van der Waals surface area contributed by atoms with Gasteiger partial charge in [-0.1, -0.05) is 55.8 Å². The van der Waals surface area contributed by atoms with Crippen LogP contribution in [0.25, 0.3) is 0 Å². The quantitative estimate of drug-likeness (QED) is 0.136. The molecular formula is C43H49F2N5O4. The Morgan fingerprint density at radius 2 is 1.57 bits per heavy atom. The molecular weight excluding hydrogens is 689 g/mol. The molecule has 11 heteroatoms. The minimum Gasteiger partial charge on any atom is -0.508 e. The van der Waals surface area contributed by atoms with E-state index in [1.165, 1.54) is 6.07 Å². The molecule has 3 heterocycles. The lowest BCUT2D eigenvalue weighted by Crippen LogP contribution is -2.49. The Kier molecular flexibility index (Phi) is 11.6. The molecule has 7 rings (SSSR count). The Balaban J connectivity index is 0.929. The van der Waals surface area contributed by atoms with E-state index in [1.807, 2.05) is 37.3 Å². The van der Waals surface area contributed by atoms with Crippen LogP contribution in [0.1, 0.15) is 61.1 Å². The number of fused-ring (bicyclic) bond motifs is 1. The van der Waals surface area contributed by atoms with Crippen LogP contribution < -0.4 is 25.2 Å². The van der Waals surface area contributed by atoms with Crippen LogP contribution in [0, 0.1) is 17.6 Å². The first-order chi connectivity index (χ1) is 26.3. The van der Waals surface area contributed by atoms with Crippen molar-refractivity contribution in [2.24, 2.45) is 5.92 Å². The molecule has 0 aliphatic carbocycles. The number of rotatable bonds is 12. The second-order valence-corrected chi connectivity index (χ2v) is 14.7. The van der Waals surface area contributed by atoms with Gasteiger partial charge in [0.15, 0.2) is 0 Å². The van der Waals surface area contributed by atoms with Crippen molar-refractivity contribution in [1.82, 2.24) is 10.2 Å². The first-order valence-corrected chi connectivity index (χ1v) is 19.1. The van der Waals surface area contributed by atoms with E-state index in [1.54, 1.807) is 30.3 Å². The van der Waals surface area contributed by atoms with Crippen molar-refractivity contribution < 1.29 is 28.2 Å². The molecule has 3 aliphatic rings. The van der Waals surface area contributed by atoms with Crippen LogP contribution >= 0.6 is 0 Å². The summed E-state index contributed by atoms with van der Waals surface area (Å²) in [4.78, 5) is 29.6. The van der Waals surface area contributed by atoms with Crippen LogP contribution in [0.5, 0.6) is 11.5 Å². The second kappa shape index (κ2) is 16.9. The summed E-state index contributed by atoms with van der Waals surface area (Å²) in [6.07, 6.45) is 3.56. The molecule has 284 valence electrons. The van der Waals surface area contributed by atoms with Gasteiger partial charge in [0, 0.05) is 75.0 Å². The Morgan fingerprint density at radius 3 is 2.26 bits per heavy atom. The molecule has 0 saturated carbocycles. The van der Waals surface area contributed by atoms with Crippen molar-refractivity contribution in [3.05, 3.63) is 113 Å². The molecule has 0 aromatic heterocycles. The number of ether oxygens (including phenoxy) is 1. The lowest BCUT2D eigenvalue weighted by molar-refractivity contribution is -0.125. The summed E-state index contributed by atoms with van der Waals surface area (Å²) in [5, 5.41) is 15.3. The second-order valence-electron chi connectivity index (χ2n) is 14.7. The maximum atomic E-state index is 16.0. The molecule has 0 bridgehead atoms. The van der Waals surface area contributed by atoms with Crippen LogP contribution in [-0.4, -0.2) is 80.8 Å². The number of aromatic hydroxyl groups is 1. The largest absolute Gasteiger partial charge is 0.508 e.